The van der Waals surface area contributed by atoms with E-state index in [4.69, 9.17) is 4.74 Å². The van der Waals surface area contributed by atoms with E-state index in [0.717, 1.165) is 12.1 Å². The molecule has 1 aliphatic heterocycles. The number of carbonyl (C=O) groups excluding carboxylic acids is 1. The topological polar surface area (TPSA) is 41.6 Å². The first kappa shape index (κ1) is 15.0. The molecule has 4 rings (SSSR count). The fourth-order valence-electron chi connectivity index (χ4n) is 3.42. The number of hydrogen-bond donors (Lipinski definition) is 1. The Labute approximate surface area is 141 Å². The summed E-state index contributed by atoms with van der Waals surface area (Å²) in [5.74, 6) is 0. The normalized spacial score (nSPS) is 24.9. The minimum atomic E-state index is -0.232. The highest BCUT2D eigenvalue weighted by Crippen LogP contribution is 2.30. The van der Waals surface area contributed by atoms with E-state index in [-0.39, 0.29) is 24.3 Å². The number of amides is 1. The minimum Gasteiger partial charge on any atom is -0.440 e. The monoisotopic (exact) mass is 320 g/mol. The molecule has 1 N–H and O–H groups in total. The molecule has 4 nitrogen and oxygen atoms in total. The number of hydrogen-bond acceptors (Lipinski definition) is 3. The second-order valence-electron chi connectivity index (χ2n) is 6.23. The van der Waals surface area contributed by atoms with Gasteiger partial charge in [-0.3, -0.25) is 4.90 Å². The van der Waals surface area contributed by atoms with Gasteiger partial charge in [0.25, 0.3) is 0 Å². The van der Waals surface area contributed by atoms with Gasteiger partial charge < -0.3 is 10.1 Å². The molecule has 122 valence electrons. The van der Waals surface area contributed by atoms with E-state index in [9.17, 15) is 4.79 Å². The number of nitrogens with zero attached hydrogens (tertiary/aromatic N) is 1. The van der Waals surface area contributed by atoms with E-state index in [1.54, 1.807) is 0 Å². The lowest BCUT2D eigenvalue weighted by molar-refractivity contribution is 0.144. The number of carbonyl (C=O) groups is 1. The highest BCUT2D eigenvalue weighted by Gasteiger charge is 2.47. The molecule has 4 heteroatoms. The first-order chi connectivity index (χ1) is 11.8. The average molecular weight is 320 g/mol. The van der Waals surface area contributed by atoms with Crippen molar-refractivity contribution in [3.8, 4) is 0 Å². The van der Waals surface area contributed by atoms with Crippen LogP contribution >= 0.6 is 0 Å². The van der Waals surface area contributed by atoms with Gasteiger partial charge in [0, 0.05) is 13.1 Å². The van der Waals surface area contributed by atoms with Crippen molar-refractivity contribution in [2.24, 2.45) is 0 Å². The summed E-state index contributed by atoms with van der Waals surface area (Å²) in [6, 6.07) is 20.4. The van der Waals surface area contributed by atoms with Gasteiger partial charge in [0.15, 0.2) is 0 Å². The predicted octanol–water partition coefficient (Wildman–Crippen LogP) is 3.10. The Morgan fingerprint density at radius 3 is 2.29 bits per heavy atom. The number of rotatable bonds is 5. The SMILES string of the molecule is O=C1O[C@@H]2C=C[C@@H](NCc3ccccc3)[C@@H]2N1Cc1ccccc1. The fourth-order valence-corrected chi connectivity index (χ4v) is 3.42. The van der Waals surface area contributed by atoms with E-state index in [1.807, 2.05) is 59.5 Å². The van der Waals surface area contributed by atoms with Crippen LogP contribution in [-0.4, -0.2) is 29.2 Å². The number of benzene rings is 2. The van der Waals surface area contributed by atoms with Crippen molar-refractivity contribution in [2.75, 3.05) is 0 Å². The molecule has 1 heterocycles. The number of nitrogens with one attached hydrogen (secondary N) is 1. The van der Waals surface area contributed by atoms with Crippen molar-refractivity contribution in [1.29, 1.82) is 0 Å². The van der Waals surface area contributed by atoms with Crippen molar-refractivity contribution in [3.63, 3.8) is 0 Å². The molecule has 0 radical (unpaired) electrons. The van der Waals surface area contributed by atoms with E-state index < -0.39 is 0 Å². The van der Waals surface area contributed by atoms with E-state index in [2.05, 4.69) is 23.5 Å². The quantitative estimate of drug-likeness (QED) is 0.861. The molecule has 1 aliphatic carbocycles. The van der Waals surface area contributed by atoms with Gasteiger partial charge in [-0.25, -0.2) is 4.79 Å². The smallest absolute Gasteiger partial charge is 0.411 e. The molecule has 1 fully saturated rings. The summed E-state index contributed by atoms with van der Waals surface area (Å²) in [7, 11) is 0. The Kier molecular flexibility index (Phi) is 4.05. The van der Waals surface area contributed by atoms with Crippen LogP contribution in [0.5, 0.6) is 0 Å². The van der Waals surface area contributed by atoms with E-state index >= 15 is 0 Å². The van der Waals surface area contributed by atoms with Gasteiger partial charge in [-0.15, -0.1) is 0 Å². The molecule has 0 spiro atoms. The highest BCUT2D eigenvalue weighted by molar-refractivity contribution is 5.72. The second kappa shape index (κ2) is 6.49. The fraction of sp³-hybridized carbons (Fsp3) is 0.250. The Morgan fingerprint density at radius 1 is 0.917 bits per heavy atom. The zero-order valence-electron chi connectivity index (χ0n) is 13.3. The standard InChI is InChI=1S/C20H20N2O2/c23-20-22(14-16-9-5-2-6-10-16)19-17(11-12-18(19)24-20)21-13-15-7-3-1-4-8-15/h1-12,17-19,21H,13-14H2/t17-,18-,19+/m1/s1. The molecule has 0 unspecified atom stereocenters. The van der Waals surface area contributed by atoms with Gasteiger partial charge >= 0.3 is 6.09 Å². The summed E-state index contributed by atoms with van der Waals surface area (Å²) >= 11 is 0. The summed E-state index contributed by atoms with van der Waals surface area (Å²) in [5.41, 5.74) is 2.35. The third-order valence-electron chi connectivity index (χ3n) is 4.62. The van der Waals surface area contributed by atoms with Crippen molar-refractivity contribution in [2.45, 2.75) is 31.3 Å². The zero-order valence-corrected chi connectivity index (χ0v) is 13.3. The summed E-state index contributed by atoms with van der Waals surface area (Å²) in [4.78, 5) is 14.1. The van der Waals surface area contributed by atoms with Crippen molar-refractivity contribution in [3.05, 3.63) is 83.9 Å². The van der Waals surface area contributed by atoms with Crippen LogP contribution < -0.4 is 5.32 Å². The van der Waals surface area contributed by atoms with Crippen LogP contribution in [0.15, 0.2) is 72.8 Å². The van der Waals surface area contributed by atoms with Crippen molar-refractivity contribution >= 4 is 6.09 Å². The van der Waals surface area contributed by atoms with Crippen LogP contribution in [0.3, 0.4) is 0 Å². The summed E-state index contributed by atoms with van der Waals surface area (Å²) < 4.78 is 5.51. The highest BCUT2D eigenvalue weighted by atomic mass is 16.6. The molecular weight excluding hydrogens is 300 g/mol. The van der Waals surface area contributed by atoms with Gasteiger partial charge in [0.1, 0.15) is 6.10 Å². The largest absolute Gasteiger partial charge is 0.440 e. The van der Waals surface area contributed by atoms with Crippen LogP contribution in [0, 0.1) is 0 Å². The molecule has 2 aliphatic rings. The van der Waals surface area contributed by atoms with Crippen LogP contribution in [0.2, 0.25) is 0 Å². The number of ether oxygens (including phenoxy) is 1. The van der Waals surface area contributed by atoms with Crippen LogP contribution in [0.1, 0.15) is 11.1 Å². The Morgan fingerprint density at radius 2 is 1.58 bits per heavy atom. The van der Waals surface area contributed by atoms with Gasteiger partial charge in [0.2, 0.25) is 0 Å². The molecule has 1 saturated heterocycles. The minimum absolute atomic E-state index is 0.0152. The lowest BCUT2D eigenvalue weighted by atomic mass is 10.1. The summed E-state index contributed by atoms with van der Waals surface area (Å²) in [5, 5.41) is 3.54. The molecule has 0 bridgehead atoms. The van der Waals surface area contributed by atoms with Crippen LogP contribution in [0.4, 0.5) is 4.79 Å². The van der Waals surface area contributed by atoms with Crippen LogP contribution in [-0.2, 0) is 17.8 Å². The molecule has 2 aromatic rings. The Balaban J connectivity index is 1.46. The van der Waals surface area contributed by atoms with E-state index in [0.29, 0.717) is 6.54 Å². The molecule has 1 amide bonds. The molecule has 2 aromatic carbocycles. The number of fused-ring (bicyclic) bond motifs is 1. The first-order valence-electron chi connectivity index (χ1n) is 8.28. The summed E-state index contributed by atoms with van der Waals surface area (Å²) in [6.45, 7) is 1.35. The predicted molar refractivity (Wildman–Crippen MR) is 92.3 cm³/mol. The third kappa shape index (κ3) is 2.93. The molecule has 0 aromatic heterocycles. The Hall–Kier alpha value is -2.59. The average Bonchev–Trinajstić information content (AvgIpc) is 3.15. The molecular formula is C20H20N2O2. The molecule has 0 saturated carbocycles. The van der Waals surface area contributed by atoms with Crippen molar-refractivity contribution < 1.29 is 9.53 Å². The maximum Gasteiger partial charge on any atom is 0.411 e. The van der Waals surface area contributed by atoms with Gasteiger partial charge in [0.05, 0.1) is 12.1 Å². The molecule has 3 atom stereocenters. The van der Waals surface area contributed by atoms with Crippen LogP contribution in [0.25, 0.3) is 0 Å². The van der Waals surface area contributed by atoms with E-state index in [1.165, 1.54) is 5.56 Å². The third-order valence-corrected chi connectivity index (χ3v) is 4.62. The zero-order chi connectivity index (χ0) is 16.4. The lowest BCUT2D eigenvalue weighted by Gasteiger charge is -2.27. The summed E-state index contributed by atoms with van der Waals surface area (Å²) in [6.07, 6.45) is 3.72. The Bertz CT molecular complexity index is 730. The maximum atomic E-state index is 12.3. The second-order valence-corrected chi connectivity index (χ2v) is 6.23. The maximum absolute atomic E-state index is 12.3. The van der Waals surface area contributed by atoms with Gasteiger partial charge in [-0.2, -0.15) is 0 Å². The van der Waals surface area contributed by atoms with Crippen molar-refractivity contribution in [1.82, 2.24) is 10.2 Å². The van der Waals surface area contributed by atoms with Gasteiger partial charge in [-0.05, 0) is 17.2 Å². The van der Waals surface area contributed by atoms with Gasteiger partial charge in [-0.1, -0.05) is 66.7 Å². The lowest BCUT2D eigenvalue weighted by Crippen LogP contribution is -2.47. The first-order valence-corrected chi connectivity index (χ1v) is 8.28. The molecule has 24 heavy (non-hydrogen) atoms.